The number of urea groups is 1. The fourth-order valence-electron chi connectivity index (χ4n) is 1.89. The third-order valence-electron chi connectivity index (χ3n) is 3.27. The summed E-state index contributed by atoms with van der Waals surface area (Å²) in [6.45, 7) is 6.58. The Labute approximate surface area is 125 Å². The molecule has 0 bridgehead atoms. The molecule has 1 rings (SSSR count). The summed E-state index contributed by atoms with van der Waals surface area (Å²) in [4.78, 5) is 22.3. The van der Waals surface area contributed by atoms with Crippen LogP contribution in [0, 0.1) is 5.92 Å². The average molecular weight is 292 g/mol. The Kier molecular flexibility index (Phi) is 6.72. The van der Waals surface area contributed by atoms with Crippen molar-refractivity contribution >= 4 is 17.7 Å². The molecule has 5 nitrogen and oxygen atoms in total. The number of anilines is 1. The Bertz CT molecular complexity index is 486. The van der Waals surface area contributed by atoms with E-state index in [1.807, 2.05) is 31.2 Å². The molecule has 1 unspecified atom stereocenters. The van der Waals surface area contributed by atoms with Gasteiger partial charge in [-0.05, 0) is 36.0 Å². The van der Waals surface area contributed by atoms with Crippen molar-refractivity contribution in [3.8, 4) is 0 Å². The third-order valence-corrected chi connectivity index (χ3v) is 3.27. The summed E-state index contributed by atoms with van der Waals surface area (Å²) in [6.07, 6.45) is 0.680. The van der Waals surface area contributed by atoms with Crippen LogP contribution in [0.3, 0.4) is 0 Å². The summed E-state index contributed by atoms with van der Waals surface area (Å²) in [6, 6.07) is 7.48. The number of hydrogen-bond acceptors (Lipinski definition) is 2. The van der Waals surface area contributed by atoms with Crippen LogP contribution in [0.4, 0.5) is 10.5 Å². The Hall–Kier alpha value is -2.04. The molecular weight excluding hydrogens is 268 g/mol. The highest BCUT2D eigenvalue weighted by Crippen LogP contribution is 2.18. The fraction of sp³-hybridized carbons (Fsp3) is 0.500. The first-order valence-corrected chi connectivity index (χ1v) is 7.25. The summed E-state index contributed by atoms with van der Waals surface area (Å²) in [5, 5.41) is 14.2. The molecule has 0 saturated carbocycles. The van der Waals surface area contributed by atoms with Crippen molar-refractivity contribution in [2.75, 3.05) is 11.9 Å². The summed E-state index contributed by atoms with van der Waals surface area (Å²) in [5.41, 5.74) is 1.93. The van der Waals surface area contributed by atoms with Crippen LogP contribution in [-0.2, 0) is 4.79 Å². The van der Waals surface area contributed by atoms with E-state index >= 15 is 0 Å². The maximum Gasteiger partial charge on any atom is 0.319 e. The van der Waals surface area contributed by atoms with Crippen LogP contribution in [0.1, 0.15) is 45.1 Å². The summed E-state index contributed by atoms with van der Waals surface area (Å²) in [5.74, 6) is -0.267. The van der Waals surface area contributed by atoms with Crippen molar-refractivity contribution in [3.05, 3.63) is 29.8 Å². The molecule has 5 heteroatoms. The largest absolute Gasteiger partial charge is 0.481 e. The van der Waals surface area contributed by atoms with Gasteiger partial charge < -0.3 is 15.7 Å². The number of carbonyl (C=O) groups excluding carboxylic acids is 1. The van der Waals surface area contributed by atoms with Crippen molar-refractivity contribution in [2.45, 2.75) is 39.5 Å². The zero-order chi connectivity index (χ0) is 15.8. The molecule has 2 amide bonds. The highest BCUT2D eigenvalue weighted by atomic mass is 16.4. The first-order valence-electron chi connectivity index (χ1n) is 7.25. The zero-order valence-corrected chi connectivity index (χ0v) is 12.8. The van der Waals surface area contributed by atoms with Gasteiger partial charge in [0, 0.05) is 18.7 Å². The van der Waals surface area contributed by atoms with Gasteiger partial charge in [-0.1, -0.05) is 32.9 Å². The fourth-order valence-corrected chi connectivity index (χ4v) is 1.89. The Morgan fingerprint density at radius 2 is 1.95 bits per heavy atom. The van der Waals surface area contributed by atoms with E-state index in [1.165, 1.54) is 5.56 Å². The number of nitrogens with one attached hydrogen (secondary N) is 2. The molecule has 0 saturated heterocycles. The van der Waals surface area contributed by atoms with Gasteiger partial charge in [-0.15, -0.1) is 0 Å². The van der Waals surface area contributed by atoms with Crippen LogP contribution in [-0.4, -0.2) is 23.7 Å². The van der Waals surface area contributed by atoms with Gasteiger partial charge in [0.25, 0.3) is 0 Å². The second kappa shape index (κ2) is 8.29. The molecule has 3 N–H and O–H groups in total. The van der Waals surface area contributed by atoms with E-state index in [9.17, 15) is 9.59 Å². The molecule has 0 aromatic heterocycles. The molecule has 0 spiro atoms. The van der Waals surface area contributed by atoms with Gasteiger partial charge >= 0.3 is 12.0 Å². The zero-order valence-electron chi connectivity index (χ0n) is 12.8. The molecule has 1 aromatic rings. The maximum absolute atomic E-state index is 11.8. The van der Waals surface area contributed by atoms with Crippen molar-refractivity contribution in [1.82, 2.24) is 5.32 Å². The number of carbonyl (C=O) groups is 2. The number of aliphatic carboxylic acids is 1. The molecule has 116 valence electrons. The second-order valence-corrected chi connectivity index (χ2v) is 5.65. The van der Waals surface area contributed by atoms with Crippen molar-refractivity contribution < 1.29 is 14.7 Å². The monoisotopic (exact) mass is 292 g/mol. The lowest BCUT2D eigenvalue weighted by Gasteiger charge is -2.13. The van der Waals surface area contributed by atoms with E-state index in [-0.39, 0.29) is 18.4 Å². The van der Waals surface area contributed by atoms with Gasteiger partial charge in [-0.3, -0.25) is 4.79 Å². The molecular formula is C16H24N2O3. The lowest BCUT2D eigenvalue weighted by Crippen LogP contribution is -2.32. The molecule has 0 heterocycles. The number of benzene rings is 1. The van der Waals surface area contributed by atoms with E-state index in [0.29, 0.717) is 18.9 Å². The molecule has 21 heavy (non-hydrogen) atoms. The number of amides is 2. The van der Waals surface area contributed by atoms with E-state index in [1.54, 1.807) is 0 Å². The predicted octanol–water partition coefficient (Wildman–Crippen LogP) is 3.43. The average Bonchev–Trinajstić information content (AvgIpc) is 2.43. The Balaban J connectivity index is 2.40. The SMILES string of the molecule is CC(CCC(=O)O)CNC(=O)Nc1cccc(C(C)C)c1. The van der Waals surface area contributed by atoms with Crippen LogP contribution in [0.25, 0.3) is 0 Å². The van der Waals surface area contributed by atoms with Gasteiger partial charge in [-0.25, -0.2) is 4.79 Å². The minimum absolute atomic E-state index is 0.126. The van der Waals surface area contributed by atoms with Gasteiger partial charge in [0.2, 0.25) is 0 Å². The highest BCUT2D eigenvalue weighted by molar-refractivity contribution is 5.89. The van der Waals surface area contributed by atoms with Crippen molar-refractivity contribution in [3.63, 3.8) is 0 Å². The number of carboxylic acids is 1. The quantitative estimate of drug-likeness (QED) is 0.720. The number of carboxylic acid groups (broad SMARTS) is 1. The summed E-state index contributed by atoms with van der Waals surface area (Å²) >= 11 is 0. The highest BCUT2D eigenvalue weighted by Gasteiger charge is 2.08. The smallest absolute Gasteiger partial charge is 0.319 e. The Morgan fingerprint density at radius 3 is 2.57 bits per heavy atom. The van der Waals surface area contributed by atoms with Crippen LogP contribution >= 0.6 is 0 Å². The Morgan fingerprint density at radius 1 is 1.24 bits per heavy atom. The van der Waals surface area contributed by atoms with E-state index in [0.717, 1.165) is 5.69 Å². The summed E-state index contributed by atoms with van der Waals surface area (Å²) in [7, 11) is 0. The predicted molar refractivity (Wildman–Crippen MR) is 83.6 cm³/mol. The first kappa shape index (κ1) is 17.0. The molecule has 0 aliphatic heterocycles. The molecule has 0 aliphatic carbocycles. The van der Waals surface area contributed by atoms with Crippen LogP contribution in [0.15, 0.2) is 24.3 Å². The lowest BCUT2D eigenvalue weighted by atomic mass is 10.0. The molecule has 1 aromatic carbocycles. The second-order valence-electron chi connectivity index (χ2n) is 5.65. The normalized spacial score (nSPS) is 12.0. The molecule has 0 fully saturated rings. The maximum atomic E-state index is 11.8. The van der Waals surface area contributed by atoms with Crippen LogP contribution in [0.5, 0.6) is 0 Å². The minimum atomic E-state index is -0.809. The van der Waals surface area contributed by atoms with Crippen LogP contribution < -0.4 is 10.6 Å². The summed E-state index contributed by atoms with van der Waals surface area (Å²) < 4.78 is 0. The lowest BCUT2D eigenvalue weighted by molar-refractivity contribution is -0.137. The van der Waals surface area contributed by atoms with Gasteiger partial charge in [0.15, 0.2) is 0 Å². The van der Waals surface area contributed by atoms with E-state index in [2.05, 4.69) is 24.5 Å². The first-order chi connectivity index (χ1) is 9.88. The van der Waals surface area contributed by atoms with Gasteiger partial charge in [-0.2, -0.15) is 0 Å². The van der Waals surface area contributed by atoms with E-state index in [4.69, 9.17) is 5.11 Å². The number of rotatable bonds is 7. The molecule has 0 aliphatic rings. The topological polar surface area (TPSA) is 78.4 Å². The number of hydrogen-bond donors (Lipinski definition) is 3. The van der Waals surface area contributed by atoms with Gasteiger partial charge in [0.05, 0.1) is 0 Å². The third kappa shape index (κ3) is 6.79. The minimum Gasteiger partial charge on any atom is -0.481 e. The molecule has 1 atom stereocenters. The van der Waals surface area contributed by atoms with Crippen LogP contribution in [0.2, 0.25) is 0 Å². The molecule has 0 radical (unpaired) electrons. The standard InChI is InChI=1S/C16H24N2O3/c1-11(2)13-5-4-6-14(9-13)18-16(21)17-10-12(3)7-8-15(19)20/h4-6,9,11-12H,7-8,10H2,1-3H3,(H,19,20)(H2,17,18,21). The van der Waals surface area contributed by atoms with Crippen molar-refractivity contribution in [2.24, 2.45) is 5.92 Å². The van der Waals surface area contributed by atoms with E-state index < -0.39 is 5.97 Å². The van der Waals surface area contributed by atoms with Gasteiger partial charge in [0.1, 0.15) is 0 Å². The van der Waals surface area contributed by atoms with Crippen molar-refractivity contribution in [1.29, 1.82) is 0 Å².